The number of aromatic nitrogens is 3. The van der Waals surface area contributed by atoms with E-state index in [9.17, 15) is 8.42 Å². The molecule has 146 valence electrons. The second-order valence-electron chi connectivity index (χ2n) is 6.50. The molecule has 4 rings (SSSR count). The number of sulfone groups is 1. The van der Waals surface area contributed by atoms with Gasteiger partial charge in [-0.3, -0.25) is 0 Å². The fraction of sp³-hybridized carbons (Fsp3) is 0.562. The molecule has 0 spiro atoms. The zero-order chi connectivity index (χ0) is 19.0. The summed E-state index contributed by atoms with van der Waals surface area (Å²) in [6, 6.07) is 3.54. The highest BCUT2D eigenvalue weighted by Crippen LogP contribution is 2.29. The van der Waals surface area contributed by atoms with Crippen molar-refractivity contribution in [3.05, 3.63) is 17.3 Å². The van der Waals surface area contributed by atoms with E-state index in [1.54, 1.807) is 11.0 Å². The summed E-state index contributed by atoms with van der Waals surface area (Å²) in [7, 11) is -3.38. The minimum absolute atomic E-state index is 0.0795. The normalized spacial score (nSPS) is 21.6. The van der Waals surface area contributed by atoms with Gasteiger partial charge in [0.1, 0.15) is 11.0 Å². The maximum atomic E-state index is 12.2. The molecule has 1 atom stereocenters. The minimum atomic E-state index is -3.38. The maximum absolute atomic E-state index is 12.2. The van der Waals surface area contributed by atoms with Crippen LogP contribution in [0.2, 0.25) is 5.15 Å². The zero-order valence-electron chi connectivity index (χ0n) is 14.8. The van der Waals surface area contributed by atoms with E-state index in [0.29, 0.717) is 62.0 Å². The lowest BCUT2D eigenvalue weighted by molar-refractivity contribution is 0.112. The summed E-state index contributed by atoms with van der Waals surface area (Å²) in [6.45, 7) is 3.45. The number of nitrogens with zero attached hydrogens (tertiary/aromatic N) is 5. The predicted molar refractivity (Wildman–Crippen MR) is 102 cm³/mol. The van der Waals surface area contributed by atoms with Crippen LogP contribution in [-0.2, 0) is 19.3 Å². The van der Waals surface area contributed by atoms with Crippen molar-refractivity contribution < 1.29 is 17.9 Å². The zero-order valence-corrected chi connectivity index (χ0v) is 16.4. The summed E-state index contributed by atoms with van der Waals surface area (Å²) in [6.07, 6.45) is 1.19. The molecular formula is C16H20ClN5O4S. The fourth-order valence-corrected chi connectivity index (χ4v) is 4.42. The van der Waals surface area contributed by atoms with E-state index < -0.39 is 15.2 Å². The second kappa shape index (κ2) is 7.34. The summed E-state index contributed by atoms with van der Waals surface area (Å²) < 4.78 is 35.3. The number of morpholine rings is 2. The van der Waals surface area contributed by atoms with Gasteiger partial charge in [-0.05, 0) is 12.1 Å². The van der Waals surface area contributed by atoms with Crippen molar-refractivity contribution in [2.24, 2.45) is 0 Å². The third kappa shape index (κ3) is 3.79. The Morgan fingerprint density at radius 2 is 1.81 bits per heavy atom. The van der Waals surface area contributed by atoms with Crippen LogP contribution in [0.15, 0.2) is 12.1 Å². The van der Waals surface area contributed by atoms with Crippen LogP contribution in [0.5, 0.6) is 0 Å². The highest BCUT2D eigenvalue weighted by Gasteiger charge is 2.34. The van der Waals surface area contributed by atoms with Crippen molar-refractivity contribution in [2.75, 3.05) is 62.1 Å². The largest absolute Gasteiger partial charge is 0.378 e. The Morgan fingerprint density at radius 1 is 1.07 bits per heavy atom. The summed E-state index contributed by atoms with van der Waals surface area (Å²) in [5, 5.41) is 0.261. The van der Waals surface area contributed by atoms with Crippen LogP contribution >= 0.6 is 11.6 Å². The van der Waals surface area contributed by atoms with Crippen LogP contribution in [0.4, 0.5) is 11.8 Å². The highest BCUT2D eigenvalue weighted by molar-refractivity contribution is 7.91. The maximum Gasteiger partial charge on any atom is 0.230 e. The number of rotatable bonds is 3. The van der Waals surface area contributed by atoms with Gasteiger partial charge in [0.2, 0.25) is 5.95 Å². The third-order valence-electron chi connectivity index (χ3n) is 4.64. The quantitative estimate of drug-likeness (QED) is 0.674. The van der Waals surface area contributed by atoms with Gasteiger partial charge < -0.3 is 19.3 Å². The Morgan fingerprint density at radius 3 is 2.56 bits per heavy atom. The molecule has 9 nitrogen and oxygen atoms in total. The van der Waals surface area contributed by atoms with Crippen LogP contribution in [0.1, 0.15) is 0 Å². The molecule has 2 aliphatic heterocycles. The molecular weight excluding hydrogens is 394 g/mol. The monoisotopic (exact) mass is 413 g/mol. The molecule has 2 saturated heterocycles. The van der Waals surface area contributed by atoms with E-state index in [1.165, 1.54) is 6.26 Å². The molecule has 0 amide bonds. The summed E-state index contributed by atoms with van der Waals surface area (Å²) in [5.41, 5.74) is 0.438. The van der Waals surface area contributed by atoms with E-state index in [2.05, 4.69) is 14.9 Å². The van der Waals surface area contributed by atoms with Gasteiger partial charge in [-0.2, -0.15) is 9.97 Å². The molecule has 0 radical (unpaired) electrons. The first-order chi connectivity index (χ1) is 12.9. The molecule has 0 N–H and O–H groups in total. The van der Waals surface area contributed by atoms with Gasteiger partial charge in [-0.1, -0.05) is 11.6 Å². The Balaban J connectivity index is 1.85. The highest BCUT2D eigenvalue weighted by atomic mass is 35.5. The molecule has 2 aliphatic rings. The van der Waals surface area contributed by atoms with Crippen molar-refractivity contribution in [3.8, 4) is 0 Å². The number of hydrogen-bond acceptors (Lipinski definition) is 9. The predicted octanol–water partition coefficient (Wildman–Crippen LogP) is 0.722. The Labute approximate surface area is 162 Å². The first-order valence-electron chi connectivity index (χ1n) is 8.64. The first kappa shape index (κ1) is 18.6. The number of pyridine rings is 1. The average molecular weight is 414 g/mol. The lowest BCUT2D eigenvalue weighted by atomic mass is 10.2. The Hall–Kier alpha value is -1.75. The van der Waals surface area contributed by atoms with Gasteiger partial charge in [0.05, 0.1) is 31.8 Å². The Kier molecular flexibility index (Phi) is 5.06. The van der Waals surface area contributed by atoms with E-state index in [-0.39, 0.29) is 6.61 Å². The van der Waals surface area contributed by atoms with Crippen LogP contribution in [-0.4, -0.2) is 81.1 Å². The van der Waals surface area contributed by atoms with Crippen LogP contribution < -0.4 is 9.80 Å². The van der Waals surface area contributed by atoms with Gasteiger partial charge in [0, 0.05) is 25.9 Å². The molecule has 2 aromatic rings. The number of ether oxygens (including phenoxy) is 2. The summed E-state index contributed by atoms with van der Waals surface area (Å²) >= 11 is 6.06. The fourth-order valence-electron chi connectivity index (χ4n) is 3.27. The molecule has 4 heterocycles. The third-order valence-corrected chi connectivity index (χ3v) is 6.23. The molecule has 0 aliphatic carbocycles. The van der Waals surface area contributed by atoms with Gasteiger partial charge in [-0.25, -0.2) is 13.4 Å². The lowest BCUT2D eigenvalue weighted by Crippen LogP contribution is -2.50. The number of hydrogen-bond donors (Lipinski definition) is 0. The first-order valence-corrected chi connectivity index (χ1v) is 11.0. The topological polar surface area (TPSA) is 97.8 Å². The van der Waals surface area contributed by atoms with Crippen molar-refractivity contribution in [1.29, 1.82) is 0 Å². The van der Waals surface area contributed by atoms with Gasteiger partial charge in [-0.15, -0.1) is 0 Å². The number of halogens is 1. The van der Waals surface area contributed by atoms with Crippen molar-refractivity contribution in [3.63, 3.8) is 0 Å². The number of fused-ring (bicyclic) bond motifs is 1. The smallest absolute Gasteiger partial charge is 0.230 e. The van der Waals surface area contributed by atoms with Crippen molar-refractivity contribution in [2.45, 2.75) is 5.37 Å². The van der Waals surface area contributed by atoms with Crippen LogP contribution in [0.3, 0.4) is 0 Å². The van der Waals surface area contributed by atoms with E-state index in [0.717, 1.165) is 5.39 Å². The van der Waals surface area contributed by atoms with Gasteiger partial charge in [0.25, 0.3) is 0 Å². The standard InChI is InChI=1S/C16H20ClN5O4S/c1-27(23,24)13-10-26-9-6-22(13)16-19-14-11(2-3-12(17)18-14)15(20-16)21-4-7-25-8-5-21/h2-3,13H,4-10H2,1H3/t13-/m0/s1. The molecule has 0 unspecified atom stereocenters. The molecule has 27 heavy (non-hydrogen) atoms. The van der Waals surface area contributed by atoms with E-state index in [1.807, 2.05) is 6.07 Å². The Bertz CT molecular complexity index is 951. The molecule has 0 saturated carbocycles. The molecule has 2 fully saturated rings. The molecule has 0 aromatic carbocycles. The molecule has 11 heteroatoms. The average Bonchev–Trinajstić information content (AvgIpc) is 2.67. The van der Waals surface area contributed by atoms with Crippen molar-refractivity contribution >= 4 is 44.2 Å². The summed E-state index contributed by atoms with van der Waals surface area (Å²) in [5.74, 6) is 1.03. The van der Waals surface area contributed by atoms with Gasteiger partial charge >= 0.3 is 0 Å². The second-order valence-corrected chi connectivity index (χ2v) is 9.09. The minimum Gasteiger partial charge on any atom is -0.378 e. The van der Waals surface area contributed by atoms with Gasteiger partial charge in [0.15, 0.2) is 20.9 Å². The van der Waals surface area contributed by atoms with Crippen LogP contribution in [0, 0.1) is 0 Å². The summed E-state index contributed by atoms with van der Waals surface area (Å²) in [4.78, 5) is 17.3. The lowest BCUT2D eigenvalue weighted by Gasteiger charge is -2.35. The van der Waals surface area contributed by atoms with Crippen LogP contribution in [0.25, 0.3) is 11.0 Å². The molecule has 0 bridgehead atoms. The molecule has 2 aromatic heterocycles. The van der Waals surface area contributed by atoms with Crippen molar-refractivity contribution in [1.82, 2.24) is 15.0 Å². The van der Waals surface area contributed by atoms with E-state index in [4.69, 9.17) is 26.1 Å². The number of anilines is 2. The van der Waals surface area contributed by atoms with E-state index >= 15 is 0 Å². The SMILES string of the molecule is CS(=O)(=O)[C@H]1COCCN1c1nc(N2CCOCC2)c2ccc(Cl)nc2n1.